The molecule has 24 heavy (non-hydrogen) atoms. The predicted octanol–water partition coefficient (Wildman–Crippen LogP) is 2.44. The zero-order valence-electron chi connectivity index (χ0n) is 13.3. The average molecular weight is 346 g/mol. The van der Waals surface area contributed by atoms with Crippen LogP contribution < -0.4 is 20.9 Å². The lowest BCUT2D eigenvalue weighted by Gasteiger charge is -2.22. The number of nitrogens with one attached hydrogen (secondary N) is 3. The molecule has 3 unspecified atom stereocenters. The number of hydrogen-bond acceptors (Lipinski definition) is 4. The van der Waals surface area contributed by atoms with Gasteiger partial charge in [0, 0.05) is 17.0 Å². The molecule has 6 heteroatoms. The van der Waals surface area contributed by atoms with Crippen LogP contribution in [0.25, 0.3) is 0 Å². The van der Waals surface area contributed by atoms with Gasteiger partial charge in [-0.15, -0.1) is 0 Å². The Labute approximate surface area is 146 Å². The van der Waals surface area contributed by atoms with E-state index in [1.165, 1.54) is 5.56 Å². The van der Waals surface area contributed by atoms with Crippen LogP contribution >= 0.6 is 11.6 Å². The largest absolute Gasteiger partial charge is 0.484 e. The highest BCUT2D eigenvalue weighted by atomic mass is 35.5. The van der Waals surface area contributed by atoms with E-state index in [2.05, 4.69) is 35.2 Å². The molecule has 0 saturated carbocycles. The number of amides is 1. The van der Waals surface area contributed by atoms with Gasteiger partial charge < -0.3 is 10.1 Å². The Morgan fingerprint density at radius 1 is 1.17 bits per heavy atom. The Hall–Kier alpha value is -2.08. The molecule has 0 spiro atoms. The van der Waals surface area contributed by atoms with Gasteiger partial charge in [0.15, 0.2) is 6.61 Å². The molecule has 2 aromatic carbocycles. The third-order valence-electron chi connectivity index (χ3n) is 4.03. The molecule has 1 amide bonds. The number of rotatable bonds is 5. The monoisotopic (exact) mass is 345 g/mol. The van der Waals surface area contributed by atoms with Crippen molar-refractivity contribution < 1.29 is 9.53 Å². The van der Waals surface area contributed by atoms with Crippen LogP contribution in [0.2, 0.25) is 5.02 Å². The summed E-state index contributed by atoms with van der Waals surface area (Å²) in [7, 11) is 0. The third-order valence-corrected chi connectivity index (χ3v) is 4.27. The number of hydrazine groups is 1. The Kier molecular flexibility index (Phi) is 5.35. The summed E-state index contributed by atoms with van der Waals surface area (Å²) >= 11 is 5.90. The maximum Gasteiger partial charge on any atom is 0.259 e. The van der Waals surface area contributed by atoms with Gasteiger partial charge in [-0.2, -0.15) is 0 Å². The maximum atomic E-state index is 12.2. The van der Waals surface area contributed by atoms with Crippen LogP contribution in [-0.2, 0) is 4.79 Å². The van der Waals surface area contributed by atoms with Crippen molar-refractivity contribution in [3.8, 4) is 5.75 Å². The summed E-state index contributed by atoms with van der Waals surface area (Å²) < 4.78 is 5.48. The van der Waals surface area contributed by atoms with Crippen LogP contribution in [0.3, 0.4) is 0 Å². The molecule has 126 valence electrons. The van der Waals surface area contributed by atoms with Crippen molar-refractivity contribution in [3.05, 3.63) is 65.2 Å². The first-order valence-corrected chi connectivity index (χ1v) is 8.25. The molecule has 3 rings (SSSR count). The fourth-order valence-corrected chi connectivity index (χ4v) is 3.07. The molecule has 0 bridgehead atoms. The maximum absolute atomic E-state index is 12.2. The van der Waals surface area contributed by atoms with Crippen molar-refractivity contribution in [3.63, 3.8) is 0 Å². The predicted molar refractivity (Wildman–Crippen MR) is 93.8 cm³/mol. The van der Waals surface area contributed by atoms with Crippen LogP contribution in [0.15, 0.2) is 54.6 Å². The van der Waals surface area contributed by atoms with Gasteiger partial charge in [0.05, 0.1) is 0 Å². The summed E-state index contributed by atoms with van der Waals surface area (Å²) in [6.45, 7) is 2.02. The van der Waals surface area contributed by atoms with Gasteiger partial charge in [0.25, 0.3) is 5.91 Å². The van der Waals surface area contributed by atoms with Gasteiger partial charge in [-0.25, -0.2) is 5.43 Å². The van der Waals surface area contributed by atoms with Gasteiger partial charge in [-0.05, 0) is 30.7 Å². The second kappa shape index (κ2) is 7.66. The summed E-state index contributed by atoms with van der Waals surface area (Å²) in [6.07, 6.45) is -0.196. The molecule has 3 atom stereocenters. The second-order valence-corrected chi connectivity index (χ2v) is 6.24. The Balaban J connectivity index is 1.59. The van der Waals surface area contributed by atoms with Crippen molar-refractivity contribution in [2.45, 2.75) is 25.0 Å². The lowest BCUT2D eigenvalue weighted by molar-refractivity contribution is -0.124. The molecular formula is C18H20ClN3O2. The smallest absolute Gasteiger partial charge is 0.259 e. The molecule has 1 saturated heterocycles. The fraction of sp³-hybridized carbons (Fsp3) is 0.278. The van der Waals surface area contributed by atoms with Crippen molar-refractivity contribution >= 4 is 17.5 Å². The average Bonchev–Trinajstić information content (AvgIpc) is 2.94. The minimum atomic E-state index is -0.196. The van der Waals surface area contributed by atoms with E-state index in [1.807, 2.05) is 18.2 Å². The number of halogens is 1. The summed E-state index contributed by atoms with van der Waals surface area (Å²) in [5, 5.41) is 3.55. The van der Waals surface area contributed by atoms with Gasteiger partial charge in [0.1, 0.15) is 11.9 Å². The standard InChI is InChI=1S/C18H20ClN3O2/c1-12-17(13-6-3-2-4-7-13)18(22-21-12)20-16(23)11-24-15-9-5-8-14(19)10-15/h2-10,12,17-18,21-22H,11H2,1H3,(H,20,23). The first-order chi connectivity index (χ1) is 11.6. The highest BCUT2D eigenvalue weighted by molar-refractivity contribution is 6.30. The zero-order chi connectivity index (χ0) is 16.9. The fourth-order valence-electron chi connectivity index (χ4n) is 2.89. The molecule has 0 radical (unpaired) electrons. The number of carbonyl (C=O) groups excluding carboxylic acids is 1. The molecule has 3 N–H and O–H groups in total. The van der Waals surface area contributed by atoms with E-state index in [4.69, 9.17) is 16.3 Å². The summed E-state index contributed by atoms with van der Waals surface area (Å²) in [6, 6.07) is 17.3. The molecule has 2 aromatic rings. The van der Waals surface area contributed by atoms with Gasteiger partial charge >= 0.3 is 0 Å². The number of benzene rings is 2. The molecule has 1 fully saturated rings. The summed E-state index contributed by atoms with van der Waals surface area (Å²) in [5.74, 6) is 0.522. The van der Waals surface area contributed by atoms with Crippen LogP contribution in [0.4, 0.5) is 0 Å². The van der Waals surface area contributed by atoms with Crippen molar-refractivity contribution in [2.24, 2.45) is 0 Å². The normalized spacial score (nSPS) is 23.0. The van der Waals surface area contributed by atoms with E-state index in [0.29, 0.717) is 10.8 Å². The van der Waals surface area contributed by atoms with Crippen LogP contribution in [0.1, 0.15) is 18.4 Å². The van der Waals surface area contributed by atoms with Crippen LogP contribution in [0.5, 0.6) is 5.75 Å². The van der Waals surface area contributed by atoms with Crippen molar-refractivity contribution in [1.82, 2.24) is 16.2 Å². The first kappa shape index (κ1) is 16.8. The minimum absolute atomic E-state index is 0.0611. The van der Waals surface area contributed by atoms with Gasteiger partial charge in [-0.3, -0.25) is 10.2 Å². The second-order valence-electron chi connectivity index (χ2n) is 5.81. The minimum Gasteiger partial charge on any atom is -0.484 e. The number of carbonyl (C=O) groups is 1. The first-order valence-electron chi connectivity index (χ1n) is 7.87. The van der Waals surface area contributed by atoms with Gasteiger partial charge in [-0.1, -0.05) is 48.0 Å². The molecule has 0 aliphatic carbocycles. The SMILES string of the molecule is CC1NNC(NC(=O)COc2cccc(Cl)c2)C1c1ccccc1. The van der Waals surface area contributed by atoms with E-state index in [9.17, 15) is 4.79 Å². The Bertz CT molecular complexity index is 696. The molecule has 0 aromatic heterocycles. The molecule has 1 heterocycles. The Morgan fingerprint density at radius 3 is 2.71 bits per heavy atom. The quantitative estimate of drug-likeness (QED) is 0.779. The van der Waals surface area contributed by atoms with Crippen LogP contribution in [0, 0.1) is 0 Å². The highest BCUT2D eigenvalue weighted by Gasteiger charge is 2.35. The van der Waals surface area contributed by atoms with Gasteiger partial charge in [0.2, 0.25) is 0 Å². The lowest BCUT2D eigenvalue weighted by atomic mass is 9.91. The van der Waals surface area contributed by atoms with Crippen molar-refractivity contribution in [1.29, 1.82) is 0 Å². The van der Waals surface area contributed by atoms with E-state index < -0.39 is 0 Å². The molecule has 5 nitrogen and oxygen atoms in total. The van der Waals surface area contributed by atoms with E-state index in [1.54, 1.807) is 24.3 Å². The topological polar surface area (TPSA) is 62.4 Å². The van der Waals surface area contributed by atoms with Crippen LogP contribution in [-0.4, -0.2) is 24.7 Å². The lowest BCUT2D eigenvalue weighted by Crippen LogP contribution is -2.47. The third kappa shape index (κ3) is 4.06. The van der Waals surface area contributed by atoms with E-state index in [0.717, 1.165) is 0 Å². The molecule has 1 aliphatic rings. The molecular weight excluding hydrogens is 326 g/mol. The van der Waals surface area contributed by atoms with E-state index in [-0.39, 0.29) is 30.6 Å². The summed E-state index contributed by atoms with van der Waals surface area (Å²) in [4.78, 5) is 12.2. The highest BCUT2D eigenvalue weighted by Crippen LogP contribution is 2.25. The number of ether oxygens (including phenoxy) is 1. The molecule has 1 aliphatic heterocycles. The van der Waals surface area contributed by atoms with E-state index >= 15 is 0 Å². The number of hydrogen-bond donors (Lipinski definition) is 3. The van der Waals surface area contributed by atoms with Crippen molar-refractivity contribution in [2.75, 3.05) is 6.61 Å². The zero-order valence-corrected chi connectivity index (χ0v) is 14.1. The summed E-state index contributed by atoms with van der Waals surface area (Å²) in [5.41, 5.74) is 7.49. The Morgan fingerprint density at radius 2 is 1.96 bits per heavy atom.